The molecule has 0 aliphatic carbocycles. The lowest BCUT2D eigenvalue weighted by molar-refractivity contribution is -0.117. The van der Waals surface area contributed by atoms with Crippen molar-refractivity contribution >= 4 is 17.6 Å². The topological polar surface area (TPSA) is 65.1 Å². The van der Waals surface area contributed by atoms with Gasteiger partial charge in [0.05, 0.1) is 13.2 Å². The molecule has 130 valence electrons. The SMILES string of the molecule is COc1cccc(N2C[C@H](NC(=O)N3CCN(C)CC3)CC2=O)c1. The zero-order valence-electron chi connectivity index (χ0n) is 14.2. The van der Waals surface area contributed by atoms with Gasteiger partial charge >= 0.3 is 6.03 Å². The van der Waals surface area contributed by atoms with Gasteiger partial charge in [-0.25, -0.2) is 4.79 Å². The third-order valence-corrected chi connectivity index (χ3v) is 4.61. The summed E-state index contributed by atoms with van der Waals surface area (Å²) in [6.07, 6.45) is 0.330. The van der Waals surface area contributed by atoms with Gasteiger partial charge in [0.2, 0.25) is 5.91 Å². The monoisotopic (exact) mass is 332 g/mol. The molecule has 0 unspecified atom stereocenters. The standard InChI is InChI=1S/C17H24N4O3/c1-19-6-8-20(9-7-19)17(23)18-13-10-16(22)21(12-13)14-4-3-5-15(11-14)24-2/h3-5,11,13H,6-10,12H2,1-2H3,(H,18,23)/t13-/m1/s1. The van der Waals surface area contributed by atoms with Crippen LogP contribution < -0.4 is 15.0 Å². The van der Waals surface area contributed by atoms with E-state index in [0.29, 0.717) is 18.7 Å². The van der Waals surface area contributed by atoms with Crippen LogP contribution in [0.1, 0.15) is 6.42 Å². The van der Waals surface area contributed by atoms with Crippen LogP contribution in [-0.4, -0.2) is 74.7 Å². The summed E-state index contributed by atoms with van der Waals surface area (Å²) < 4.78 is 5.21. The zero-order chi connectivity index (χ0) is 17.1. The van der Waals surface area contributed by atoms with Gasteiger partial charge in [0, 0.05) is 50.9 Å². The van der Waals surface area contributed by atoms with E-state index in [1.54, 1.807) is 12.0 Å². The molecule has 1 N–H and O–H groups in total. The van der Waals surface area contributed by atoms with Crippen molar-refractivity contribution in [1.29, 1.82) is 0 Å². The van der Waals surface area contributed by atoms with Crippen LogP contribution in [0.2, 0.25) is 0 Å². The van der Waals surface area contributed by atoms with Gasteiger partial charge in [-0.1, -0.05) is 6.07 Å². The summed E-state index contributed by atoms with van der Waals surface area (Å²) in [6.45, 7) is 3.70. The summed E-state index contributed by atoms with van der Waals surface area (Å²) in [4.78, 5) is 30.4. The van der Waals surface area contributed by atoms with Gasteiger partial charge in [0.25, 0.3) is 0 Å². The van der Waals surface area contributed by atoms with Crippen molar-refractivity contribution in [2.24, 2.45) is 0 Å². The van der Waals surface area contributed by atoms with Crippen LogP contribution in [0.4, 0.5) is 10.5 Å². The lowest BCUT2D eigenvalue weighted by atomic mass is 10.2. The van der Waals surface area contributed by atoms with E-state index in [2.05, 4.69) is 17.3 Å². The fraction of sp³-hybridized carbons (Fsp3) is 0.529. The molecule has 7 nitrogen and oxygen atoms in total. The molecule has 0 radical (unpaired) electrons. The van der Waals surface area contributed by atoms with Crippen molar-refractivity contribution in [3.63, 3.8) is 0 Å². The maximum atomic E-state index is 12.4. The molecular formula is C17H24N4O3. The summed E-state index contributed by atoms with van der Waals surface area (Å²) in [6, 6.07) is 7.19. The first-order valence-electron chi connectivity index (χ1n) is 8.25. The van der Waals surface area contributed by atoms with Gasteiger partial charge < -0.3 is 24.8 Å². The van der Waals surface area contributed by atoms with Crippen LogP contribution in [0.15, 0.2) is 24.3 Å². The molecule has 2 aliphatic rings. The van der Waals surface area contributed by atoms with Gasteiger partial charge in [-0.2, -0.15) is 0 Å². The summed E-state index contributed by atoms with van der Waals surface area (Å²) in [5.41, 5.74) is 0.802. The Morgan fingerprint density at radius 2 is 2.00 bits per heavy atom. The number of methoxy groups -OCH3 is 1. The van der Waals surface area contributed by atoms with Crippen molar-refractivity contribution < 1.29 is 14.3 Å². The average molecular weight is 332 g/mol. The highest BCUT2D eigenvalue weighted by molar-refractivity contribution is 5.97. The Kier molecular flexibility index (Phi) is 4.89. The third kappa shape index (κ3) is 3.62. The van der Waals surface area contributed by atoms with Crippen molar-refractivity contribution in [2.75, 3.05) is 51.8 Å². The van der Waals surface area contributed by atoms with E-state index >= 15 is 0 Å². The zero-order valence-corrected chi connectivity index (χ0v) is 14.2. The predicted octanol–water partition coefficient (Wildman–Crippen LogP) is 0.758. The molecule has 3 rings (SSSR count). The summed E-state index contributed by atoms with van der Waals surface area (Å²) in [5, 5.41) is 3.00. The van der Waals surface area contributed by atoms with E-state index < -0.39 is 0 Å². The number of nitrogens with one attached hydrogen (secondary N) is 1. The molecule has 2 saturated heterocycles. The maximum Gasteiger partial charge on any atom is 0.317 e. The number of hydrogen-bond donors (Lipinski definition) is 1. The highest BCUT2D eigenvalue weighted by Gasteiger charge is 2.33. The molecule has 2 fully saturated rings. The lowest BCUT2D eigenvalue weighted by Gasteiger charge is -2.33. The number of ether oxygens (including phenoxy) is 1. The minimum Gasteiger partial charge on any atom is -0.497 e. The van der Waals surface area contributed by atoms with E-state index in [-0.39, 0.29) is 18.0 Å². The first kappa shape index (κ1) is 16.6. The Morgan fingerprint density at radius 3 is 2.71 bits per heavy atom. The quantitative estimate of drug-likeness (QED) is 0.887. The number of rotatable bonds is 3. The molecule has 1 aromatic carbocycles. The smallest absolute Gasteiger partial charge is 0.317 e. The van der Waals surface area contributed by atoms with Crippen molar-refractivity contribution in [3.05, 3.63) is 24.3 Å². The minimum atomic E-state index is -0.157. The van der Waals surface area contributed by atoms with Crippen LogP contribution in [0.5, 0.6) is 5.75 Å². The number of carbonyl (C=O) groups excluding carboxylic acids is 2. The molecule has 0 aromatic heterocycles. The van der Waals surface area contributed by atoms with Gasteiger partial charge in [0.1, 0.15) is 5.75 Å². The number of anilines is 1. The highest BCUT2D eigenvalue weighted by Crippen LogP contribution is 2.25. The summed E-state index contributed by atoms with van der Waals surface area (Å²) in [7, 11) is 3.65. The minimum absolute atomic E-state index is 0.0203. The molecule has 1 aromatic rings. The number of benzene rings is 1. The van der Waals surface area contributed by atoms with E-state index in [1.807, 2.05) is 29.2 Å². The van der Waals surface area contributed by atoms with Crippen molar-refractivity contribution in [1.82, 2.24) is 15.1 Å². The van der Waals surface area contributed by atoms with Crippen LogP contribution >= 0.6 is 0 Å². The first-order chi connectivity index (χ1) is 11.6. The largest absolute Gasteiger partial charge is 0.497 e. The molecule has 2 aliphatic heterocycles. The molecule has 0 saturated carbocycles. The van der Waals surface area contributed by atoms with E-state index in [9.17, 15) is 9.59 Å². The molecule has 24 heavy (non-hydrogen) atoms. The van der Waals surface area contributed by atoms with Crippen LogP contribution in [-0.2, 0) is 4.79 Å². The number of nitrogens with zero attached hydrogens (tertiary/aromatic N) is 3. The summed E-state index contributed by atoms with van der Waals surface area (Å²) >= 11 is 0. The fourth-order valence-electron chi connectivity index (χ4n) is 3.11. The third-order valence-electron chi connectivity index (χ3n) is 4.61. The Labute approximate surface area is 142 Å². The van der Waals surface area contributed by atoms with Crippen LogP contribution in [0, 0.1) is 0 Å². The van der Waals surface area contributed by atoms with Crippen molar-refractivity contribution in [3.8, 4) is 5.75 Å². The number of carbonyl (C=O) groups is 2. The van der Waals surface area contributed by atoms with Gasteiger partial charge in [-0.3, -0.25) is 4.79 Å². The van der Waals surface area contributed by atoms with E-state index in [4.69, 9.17) is 4.74 Å². The second kappa shape index (κ2) is 7.09. The molecule has 3 amide bonds. The van der Waals surface area contributed by atoms with Gasteiger partial charge in [-0.15, -0.1) is 0 Å². The molecule has 0 spiro atoms. The van der Waals surface area contributed by atoms with E-state index in [1.165, 1.54) is 0 Å². The Hall–Kier alpha value is -2.28. The number of hydrogen-bond acceptors (Lipinski definition) is 4. The highest BCUT2D eigenvalue weighted by atomic mass is 16.5. The number of amides is 3. The predicted molar refractivity (Wildman–Crippen MR) is 91.4 cm³/mol. The van der Waals surface area contributed by atoms with Crippen molar-refractivity contribution in [2.45, 2.75) is 12.5 Å². The Bertz CT molecular complexity index is 614. The number of piperazine rings is 1. The first-order valence-corrected chi connectivity index (χ1v) is 8.25. The second-order valence-corrected chi connectivity index (χ2v) is 6.35. The second-order valence-electron chi connectivity index (χ2n) is 6.35. The van der Waals surface area contributed by atoms with Gasteiger partial charge in [-0.05, 0) is 19.2 Å². The molecular weight excluding hydrogens is 308 g/mol. The van der Waals surface area contributed by atoms with Gasteiger partial charge in [0.15, 0.2) is 0 Å². The lowest BCUT2D eigenvalue weighted by Crippen LogP contribution is -2.52. The fourth-order valence-corrected chi connectivity index (χ4v) is 3.11. The Morgan fingerprint density at radius 1 is 1.25 bits per heavy atom. The normalized spacial score (nSPS) is 21.9. The number of likely N-dealkylation sites (N-methyl/N-ethyl adjacent to an activating group) is 1. The van der Waals surface area contributed by atoms with E-state index in [0.717, 1.165) is 31.9 Å². The molecule has 0 bridgehead atoms. The molecule has 7 heteroatoms. The average Bonchev–Trinajstić information content (AvgIpc) is 2.95. The maximum absolute atomic E-state index is 12.4. The van der Waals surface area contributed by atoms with Crippen LogP contribution in [0.25, 0.3) is 0 Å². The Balaban J connectivity index is 1.59. The molecule has 1 atom stereocenters. The number of urea groups is 1. The van der Waals surface area contributed by atoms with Crippen LogP contribution in [0.3, 0.4) is 0 Å². The summed E-state index contributed by atoms with van der Waals surface area (Å²) in [5.74, 6) is 0.733. The molecule has 2 heterocycles.